The molecule has 0 bridgehead atoms. The fourth-order valence-corrected chi connectivity index (χ4v) is 3.83. The van der Waals surface area contributed by atoms with Gasteiger partial charge in [-0.25, -0.2) is 9.67 Å². The Labute approximate surface area is 190 Å². The highest BCUT2D eigenvalue weighted by atomic mass is 16.5. The molecule has 1 aliphatic rings. The van der Waals surface area contributed by atoms with E-state index in [0.29, 0.717) is 39.4 Å². The van der Waals surface area contributed by atoms with Gasteiger partial charge in [0.15, 0.2) is 11.8 Å². The number of amides is 2. The van der Waals surface area contributed by atoms with Crippen LogP contribution in [0.25, 0.3) is 22.3 Å². The lowest BCUT2D eigenvalue weighted by atomic mass is 10.1. The molecule has 33 heavy (non-hydrogen) atoms. The highest BCUT2D eigenvalue weighted by Gasteiger charge is 2.24. The van der Waals surface area contributed by atoms with Gasteiger partial charge in [-0.3, -0.25) is 9.59 Å². The van der Waals surface area contributed by atoms with Crippen molar-refractivity contribution in [1.82, 2.24) is 14.8 Å². The van der Waals surface area contributed by atoms with Gasteiger partial charge in [-0.05, 0) is 45.0 Å². The van der Waals surface area contributed by atoms with Gasteiger partial charge in [-0.15, -0.1) is 0 Å². The van der Waals surface area contributed by atoms with Gasteiger partial charge in [0.05, 0.1) is 28.5 Å². The van der Waals surface area contributed by atoms with Crippen molar-refractivity contribution in [2.45, 2.75) is 32.9 Å². The zero-order chi connectivity index (χ0) is 23.1. The van der Waals surface area contributed by atoms with Crippen LogP contribution in [0.3, 0.4) is 0 Å². The van der Waals surface area contributed by atoms with Gasteiger partial charge in [0, 0.05) is 17.3 Å². The summed E-state index contributed by atoms with van der Waals surface area (Å²) in [5.74, 6) is 0.0469. The number of carbonyl (C=O) groups is 2. The summed E-state index contributed by atoms with van der Waals surface area (Å²) in [6.45, 7) is 5.73. The lowest BCUT2D eigenvalue weighted by Gasteiger charge is -2.23. The number of pyridine rings is 1. The lowest BCUT2D eigenvalue weighted by molar-refractivity contribution is -0.122. The minimum Gasteiger partial charge on any atom is -0.479 e. The second-order valence-electron chi connectivity index (χ2n) is 8.26. The van der Waals surface area contributed by atoms with Gasteiger partial charge in [-0.2, -0.15) is 5.10 Å². The summed E-state index contributed by atoms with van der Waals surface area (Å²) in [5.41, 5.74) is 3.78. The van der Waals surface area contributed by atoms with E-state index in [1.165, 1.54) is 0 Å². The number of nitrogens with zero attached hydrogens (tertiary/aromatic N) is 3. The Balaban J connectivity index is 1.54. The summed E-state index contributed by atoms with van der Waals surface area (Å²) in [5, 5.41) is 10.9. The van der Waals surface area contributed by atoms with Crippen molar-refractivity contribution < 1.29 is 14.3 Å². The molecule has 0 spiro atoms. The molecule has 0 fully saturated rings. The Hall–Kier alpha value is -4.20. The Morgan fingerprint density at radius 3 is 2.70 bits per heavy atom. The Morgan fingerprint density at radius 2 is 1.94 bits per heavy atom. The lowest BCUT2D eigenvalue weighted by Crippen LogP contribution is -2.34. The molecule has 1 aliphatic heterocycles. The second-order valence-corrected chi connectivity index (χ2v) is 8.26. The zero-order valence-electron chi connectivity index (χ0n) is 18.5. The third-order valence-corrected chi connectivity index (χ3v) is 5.54. The number of anilines is 2. The first-order valence-electron chi connectivity index (χ1n) is 10.8. The second kappa shape index (κ2) is 8.05. The summed E-state index contributed by atoms with van der Waals surface area (Å²) in [6.07, 6.45) is 1.12. The average Bonchev–Trinajstić information content (AvgIpc) is 3.24. The van der Waals surface area contributed by atoms with E-state index in [1.54, 1.807) is 37.4 Å². The van der Waals surface area contributed by atoms with Crippen molar-refractivity contribution in [1.29, 1.82) is 0 Å². The van der Waals surface area contributed by atoms with E-state index in [0.717, 1.165) is 5.56 Å². The number of hydrogen-bond donors (Lipinski definition) is 2. The van der Waals surface area contributed by atoms with Crippen molar-refractivity contribution >= 4 is 34.2 Å². The molecule has 1 unspecified atom stereocenters. The molecule has 166 valence electrons. The average molecular weight is 441 g/mol. The fraction of sp³-hybridized carbons (Fsp3) is 0.200. The van der Waals surface area contributed by atoms with E-state index >= 15 is 0 Å². The monoisotopic (exact) mass is 441 g/mol. The molecule has 0 saturated carbocycles. The first-order valence-corrected chi connectivity index (χ1v) is 10.8. The quantitative estimate of drug-likeness (QED) is 0.480. The van der Waals surface area contributed by atoms with Crippen LogP contribution >= 0.6 is 0 Å². The number of hydrogen-bond acceptors (Lipinski definition) is 5. The minimum absolute atomic E-state index is 0.0867. The number of carbonyl (C=O) groups excluding carboxylic acids is 2. The van der Waals surface area contributed by atoms with E-state index in [1.807, 2.05) is 48.9 Å². The molecular formula is C25H23N5O3. The molecule has 8 nitrogen and oxygen atoms in total. The third-order valence-electron chi connectivity index (χ3n) is 5.54. The molecule has 5 rings (SSSR count). The van der Waals surface area contributed by atoms with Gasteiger partial charge in [0.25, 0.3) is 11.8 Å². The standard InChI is InChI=1S/C25H23N5O3/c1-14(2)30-23-19(13-26-30)18(12-20(28-23)16-7-5-4-6-8-16)25(32)27-17-9-10-22-21(11-17)29-24(31)15(3)33-22/h4-15H,1-3H3,(H,27,32)(H,29,31). The molecule has 0 radical (unpaired) electrons. The van der Waals surface area contributed by atoms with Crippen LogP contribution in [0.2, 0.25) is 0 Å². The van der Waals surface area contributed by atoms with Crippen LogP contribution < -0.4 is 15.4 Å². The summed E-state index contributed by atoms with van der Waals surface area (Å²) in [4.78, 5) is 30.1. The van der Waals surface area contributed by atoms with Crippen molar-refractivity contribution in [3.63, 3.8) is 0 Å². The van der Waals surface area contributed by atoms with Gasteiger partial charge < -0.3 is 15.4 Å². The first-order chi connectivity index (χ1) is 15.9. The van der Waals surface area contributed by atoms with Crippen LogP contribution in [0.4, 0.5) is 11.4 Å². The molecule has 1 atom stereocenters. The van der Waals surface area contributed by atoms with E-state index in [4.69, 9.17) is 9.72 Å². The van der Waals surface area contributed by atoms with E-state index < -0.39 is 6.10 Å². The van der Waals surface area contributed by atoms with Gasteiger partial charge >= 0.3 is 0 Å². The molecule has 2 N–H and O–H groups in total. The fourth-order valence-electron chi connectivity index (χ4n) is 3.83. The van der Waals surface area contributed by atoms with Crippen LogP contribution in [0.1, 0.15) is 37.2 Å². The Bertz CT molecular complexity index is 1380. The maximum atomic E-state index is 13.4. The largest absolute Gasteiger partial charge is 0.479 e. The smallest absolute Gasteiger partial charge is 0.265 e. The van der Waals surface area contributed by atoms with Crippen molar-refractivity contribution in [3.8, 4) is 17.0 Å². The normalized spacial score (nSPS) is 15.2. The topological polar surface area (TPSA) is 98.1 Å². The van der Waals surface area contributed by atoms with Crippen LogP contribution in [-0.2, 0) is 4.79 Å². The summed E-state index contributed by atoms with van der Waals surface area (Å²) < 4.78 is 7.40. The molecule has 2 aromatic carbocycles. The number of rotatable bonds is 4. The Morgan fingerprint density at radius 1 is 1.15 bits per heavy atom. The predicted molar refractivity (Wildman–Crippen MR) is 126 cm³/mol. The van der Waals surface area contributed by atoms with Gasteiger partial charge in [0.1, 0.15) is 5.75 Å². The van der Waals surface area contributed by atoms with Crippen LogP contribution in [0.15, 0.2) is 60.8 Å². The zero-order valence-corrected chi connectivity index (χ0v) is 18.5. The van der Waals surface area contributed by atoms with E-state index in [-0.39, 0.29) is 17.9 Å². The molecule has 2 aromatic heterocycles. The highest BCUT2D eigenvalue weighted by molar-refractivity contribution is 6.13. The number of aromatic nitrogens is 3. The summed E-state index contributed by atoms with van der Waals surface area (Å²) >= 11 is 0. The van der Waals surface area contributed by atoms with E-state index in [2.05, 4.69) is 15.7 Å². The van der Waals surface area contributed by atoms with E-state index in [9.17, 15) is 9.59 Å². The molecule has 8 heteroatoms. The molecule has 4 aromatic rings. The summed E-state index contributed by atoms with van der Waals surface area (Å²) in [7, 11) is 0. The SMILES string of the molecule is CC1Oc2ccc(NC(=O)c3cc(-c4ccccc4)nc4c3cnn4C(C)C)cc2NC1=O. The molecular weight excluding hydrogens is 418 g/mol. The maximum Gasteiger partial charge on any atom is 0.265 e. The number of benzene rings is 2. The molecule has 2 amide bonds. The Kier molecular flexibility index (Phi) is 5.05. The van der Waals surface area contributed by atoms with Gasteiger partial charge in [-0.1, -0.05) is 30.3 Å². The van der Waals surface area contributed by atoms with Crippen molar-refractivity contribution in [3.05, 3.63) is 66.4 Å². The predicted octanol–water partition coefficient (Wildman–Crippen LogP) is 4.65. The summed E-state index contributed by atoms with van der Waals surface area (Å²) in [6, 6.07) is 16.8. The maximum absolute atomic E-state index is 13.4. The minimum atomic E-state index is -0.558. The van der Waals surface area contributed by atoms with Crippen LogP contribution in [0, 0.1) is 0 Å². The van der Waals surface area contributed by atoms with Crippen LogP contribution in [0.5, 0.6) is 5.75 Å². The number of ether oxygens (including phenoxy) is 1. The highest BCUT2D eigenvalue weighted by Crippen LogP contribution is 2.33. The molecule has 0 saturated heterocycles. The third kappa shape index (κ3) is 3.80. The molecule has 3 heterocycles. The first kappa shape index (κ1) is 20.7. The van der Waals surface area contributed by atoms with Crippen LogP contribution in [-0.4, -0.2) is 32.7 Å². The van der Waals surface area contributed by atoms with Gasteiger partial charge in [0.2, 0.25) is 0 Å². The van der Waals surface area contributed by atoms with Crippen molar-refractivity contribution in [2.24, 2.45) is 0 Å². The molecule has 0 aliphatic carbocycles. The van der Waals surface area contributed by atoms with Crippen molar-refractivity contribution in [2.75, 3.05) is 10.6 Å². The number of nitrogens with one attached hydrogen (secondary N) is 2. The number of fused-ring (bicyclic) bond motifs is 2.